The first-order valence-corrected chi connectivity index (χ1v) is 18.7. The third-order valence-electron chi connectivity index (χ3n) is 10.9. The first-order chi connectivity index (χ1) is 26.8. The lowest BCUT2D eigenvalue weighted by Crippen LogP contribution is -1.92. The molecule has 0 aliphatic rings. The number of hydrogen-bond acceptors (Lipinski definition) is 0. The Bertz CT molecular complexity index is 2900. The molecule has 10 aromatic rings. The molecule has 0 aromatic heterocycles. The number of fused-ring (bicyclic) bond motifs is 3. The molecule has 0 aliphatic carbocycles. The summed E-state index contributed by atoms with van der Waals surface area (Å²) in [7, 11) is 0. The summed E-state index contributed by atoms with van der Waals surface area (Å²) in [6.07, 6.45) is 0. The van der Waals surface area contributed by atoms with E-state index in [9.17, 15) is 0 Å². The van der Waals surface area contributed by atoms with Gasteiger partial charge in [-0.05, 0) is 117 Å². The van der Waals surface area contributed by atoms with Crippen molar-refractivity contribution in [3.05, 3.63) is 218 Å². The average molecular weight is 685 g/mol. The van der Waals surface area contributed by atoms with Gasteiger partial charge in [0.2, 0.25) is 0 Å². The van der Waals surface area contributed by atoms with Crippen molar-refractivity contribution in [1.29, 1.82) is 0 Å². The van der Waals surface area contributed by atoms with E-state index in [1.807, 2.05) is 0 Å². The SMILES string of the molecule is c1ccc(-c2ccc(-c3c4ccccc4c(-c4ccccc4)c4ccccc34)cc2-c2ccc(-c3cccc(-c4ccc5ccccc5c4)c3)cc2)cc1. The van der Waals surface area contributed by atoms with Crippen molar-refractivity contribution in [2.24, 2.45) is 0 Å². The van der Waals surface area contributed by atoms with E-state index in [1.165, 1.54) is 99.1 Å². The molecular weight excluding hydrogens is 649 g/mol. The number of hydrogen-bond donors (Lipinski definition) is 0. The van der Waals surface area contributed by atoms with Crippen LogP contribution < -0.4 is 0 Å². The van der Waals surface area contributed by atoms with E-state index in [0.29, 0.717) is 0 Å². The second-order valence-corrected chi connectivity index (χ2v) is 14.1. The second kappa shape index (κ2) is 13.5. The molecule has 10 aromatic carbocycles. The van der Waals surface area contributed by atoms with Crippen LogP contribution in [0.4, 0.5) is 0 Å². The van der Waals surface area contributed by atoms with Crippen molar-refractivity contribution < 1.29 is 0 Å². The highest BCUT2D eigenvalue weighted by atomic mass is 14.2. The van der Waals surface area contributed by atoms with Crippen LogP contribution >= 0.6 is 0 Å². The van der Waals surface area contributed by atoms with Gasteiger partial charge in [0, 0.05) is 0 Å². The van der Waals surface area contributed by atoms with Crippen molar-refractivity contribution in [3.8, 4) is 66.8 Å². The monoisotopic (exact) mass is 684 g/mol. The van der Waals surface area contributed by atoms with Gasteiger partial charge < -0.3 is 0 Å². The molecule has 0 nitrogen and oxygen atoms in total. The smallest absolute Gasteiger partial charge is 0.00261 e. The Morgan fingerprint density at radius 3 is 1.26 bits per heavy atom. The summed E-state index contributed by atoms with van der Waals surface area (Å²) in [6, 6.07) is 79.7. The number of benzene rings is 10. The van der Waals surface area contributed by atoms with Gasteiger partial charge in [-0.3, -0.25) is 0 Å². The molecule has 0 radical (unpaired) electrons. The van der Waals surface area contributed by atoms with Gasteiger partial charge in [-0.2, -0.15) is 0 Å². The first-order valence-electron chi connectivity index (χ1n) is 18.7. The predicted molar refractivity (Wildman–Crippen MR) is 232 cm³/mol. The van der Waals surface area contributed by atoms with Crippen LogP contribution in [-0.2, 0) is 0 Å². The summed E-state index contributed by atoms with van der Waals surface area (Å²) < 4.78 is 0. The van der Waals surface area contributed by atoms with E-state index < -0.39 is 0 Å². The van der Waals surface area contributed by atoms with Crippen LogP contribution in [0.15, 0.2) is 218 Å². The summed E-state index contributed by atoms with van der Waals surface area (Å²) in [5.74, 6) is 0. The van der Waals surface area contributed by atoms with Gasteiger partial charge in [0.25, 0.3) is 0 Å². The second-order valence-electron chi connectivity index (χ2n) is 14.1. The average Bonchev–Trinajstić information content (AvgIpc) is 3.26. The standard InChI is InChI=1S/C54H36/c1-3-15-39(16-4-1)47-33-32-46(54-50-24-11-9-22-48(50)53(41-17-5-2-6-18-41)49-23-10-12-25-51(49)54)36-52(47)40-29-26-38(27-30-40)43-20-13-21-44(34-43)45-31-28-37-14-7-8-19-42(37)35-45/h1-36H. The molecule has 10 rings (SSSR count). The summed E-state index contributed by atoms with van der Waals surface area (Å²) in [6.45, 7) is 0. The van der Waals surface area contributed by atoms with Gasteiger partial charge >= 0.3 is 0 Å². The summed E-state index contributed by atoms with van der Waals surface area (Å²) >= 11 is 0. The Hall–Kier alpha value is -7.02. The van der Waals surface area contributed by atoms with Gasteiger partial charge in [-0.1, -0.05) is 200 Å². The van der Waals surface area contributed by atoms with Gasteiger partial charge in [0.05, 0.1) is 0 Å². The number of rotatable bonds is 6. The highest BCUT2D eigenvalue weighted by Gasteiger charge is 2.18. The summed E-state index contributed by atoms with van der Waals surface area (Å²) in [5, 5.41) is 7.57. The fourth-order valence-corrected chi connectivity index (χ4v) is 8.25. The van der Waals surface area contributed by atoms with Crippen LogP contribution in [0.2, 0.25) is 0 Å². The Kier molecular flexibility index (Phi) is 7.93. The molecule has 0 spiro atoms. The molecule has 54 heavy (non-hydrogen) atoms. The van der Waals surface area contributed by atoms with Crippen molar-refractivity contribution in [2.45, 2.75) is 0 Å². The molecule has 0 saturated carbocycles. The Morgan fingerprint density at radius 2 is 0.611 bits per heavy atom. The van der Waals surface area contributed by atoms with Gasteiger partial charge in [-0.15, -0.1) is 0 Å². The normalized spacial score (nSPS) is 11.3. The molecule has 252 valence electrons. The van der Waals surface area contributed by atoms with Crippen molar-refractivity contribution in [2.75, 3.05) is 0 Å². The topological polar surface area (TPSA) is 0 Å². The minimum absolute atomic E-state index is 1.19. The molecule has 0 bridgehead atoms. The van der Waals surface area contributed by atoms with Crippen LogP contribution in [0.3, 0.4) is 0 Å². The van der Waals surface area contributed by atoms with Crippen LogP contribution in [0.25, 0.3) is 99.1 Å². The maximum Gasteiger partial charge on any atom is -0.00261 e. The minimum atomic E-state index is 1.19. The van der Waals surface area contributed by atoms with Crippen LogP contribution in [0, 0.1) is 0 Å². The molecule has 0 atom stereocenters. The predicted octanol–water partition coefficient (Wildman–Crippen LogP) is 15.1. The fraction of sp³-hybridized carbons (Fsp3) is 0. The van der Waals surface area contributed by atoms with Crippen LogP contribution in [-0.4, -0.2) is 0 Å². The highest BCUT2D eigenvalue weighted by molar-refractivity contribution is 6.21. The van der Waals surface area contributed by atoms with E-state index in [4.69, 9.17) is 0 Å². The highest BCUT2D eigenvalue weighted by Crippen LogP contribution is 2.45. The molecule has 0 amide bonds. The van der Waals surface area contributed by atoms with Crippen molar-refractivity contribution >= 4 is 32.3 Å². The van der Waals surface area contributed by atoms with E-state index in [2.05, 4.69) is 218 Å². The molecule has 0 aliphatic heterocycles. The molecule has 0 saturated heterocycles. The zero-order chi connectivity index (χ0) is 35.8. The zero-order valence-electron chi connectivity index (χ0n) is 29.8. The lowest BCUT2D eigenvalue weighted by Gasteiger charge is -2.19. The van der Waals surface area contributed by atoms with E-state index >= 15 is 0 Å². The van der Waals surface area contributed by atoms with E-state index in [-0.39, 0.29) is 0 Å². The fourth-order valence-electron chi connectivity index (χ4n) is 8.25. The third-order valence-corrected chi connectivity index (χ3v) is 10.9. The van der Waals surface area contributed by atoms with E-state index in [1.54, 1.807) is 0 Å². The molecule has 0 heteroatoms. The maximum absolute atomic E-state index is 2.41. The minimum Gasteiger partial charge on any atom is -0.0622 e. The van der Waals surface area contributed by atoms with Gasteiger partial charge in [-0.25, -0.2) is 0 Å². The third kappa shape index (κ3) is 5.66. The molecule has 0 unspecified atom stereocenters. The Balaban J connectivity index is 1.11. The lowest BCUT2D eigenvalue weighted by atomic mass is 9.84. The molecule has 0 heterocycles. The Labute approximate surface area is 316 Å². The summed E-state index contributed by atoms with van der Waals surface area (Å²) in [5.41, 5.74) is 14.7. The molecule has 0 N–H and O–H groups in total. The quantitative estimate of drug-likeness (QED) is 0.153. The van der Waals surface area contributed by atoms with E-state index in [0.717, 1.165) is 0 Å². The van der Waals surface area contributed by atoms with Crippen molar-refractivity contribution in [1.82, 2.24) is 0 Å². The summed E-state index contributed by atoms with van der Waals surface area (Å²) in [4.78, 5) is 0. The van der Waals surface area contributed by atoms with Crippen LogP contribution in [0.5, 0.6) is 0 Å². The zero-order valence-corrected chi connectivity index (χ0v) is 29.8. The van der Waals surface area contributed by atoms with Gasteiger partial charge in [0.1, 0.15) is 0 Å². The Morgan fingerprint density at radius 1 is 0.185 bits per heavy atom. The molecular formula is C54H36. The maximum atomic E-state index is 2.41. The van der Waals surface area contributed by atoms with Crippen molar-refractivity contribution in [3.63, 3.8) is 0 Å². The largest absolute Gasteiger partial charge is 0.0622 e. The molecule has 0 fully saturated rings. The first kappa shape index (κ1) is 31.7. The van der Waals surface area contributed by atoms with Crippen LogP contribution in [0.1, 0.15) is 0 Å². The lowest BCUT2D eigenvalue weighted by molar-refractivity contribution is 1.56. The van der Waals surface area contributed by atoms with Gasteiger partial charge in [0.15, 0.2) is 0 Å².